The van der Waals surface area contributed by atoms with E-state index in [0.29, 0.717) is 19.6 Å². The number of aryl methyl sites for hydroxylation is 1. The van der Waals surface area contributed by atoms with Crippen LogP contribution in [0.1, 0.15) is 32.1 Å². The summed E-state index contributed by atoms with van der Waals surface area (Å²) < 4.78 is 32.9. The number of ether oxygens (including phenoxy) is 1. The monoisotopic (exact) mass is 315 g/mol. The largest absolute Gasteiger partial charge is 0.377 e. The Morgan fingerprint density at radius 3 is 2.95 bits per heavy atom. The van der Waals surface area contributed by atoms with Crippen LogP contribution in [0.2, 0.25) is 0 Å². The highest BCUT2D eigenvalue weighted by molar-refractivity contribution is 7.90. The van der Waals surface area contributed by atoms with Gasteiger partial charge in [-0.3, -0.25) is 14.2 Å². The van der Waals surface area contributed by atoms with E-state index < -0.39 is 15.9 Å². The van der Waals surface area contributed by atoms with E-state index in [9.17, 15) is 13.2 Å². The number of aromatic nitrogens is 2. The van der Waals surface area contributed by atoms with E-state index in [4.69, 9.17) is 4.74 Å². The third-order valence-electron chi connectivity index (χ3n) is 3.30. The zero-order valence-corrected chi connectivity index (χ0v) is 12.7. The molecule has 8 heteroatoms. The molecule has 1 aliphatic heterocycles. The van der Waals surface area contributed by atoms with Gasteiger partial charge in [0.1, 0.15) is 0 Å². The summed E-state index contributed by atoms with van der Waals surface area (Å²) in [6.45, 7) is 1.18. The number of carbonyl (C=O) groups is 1. The molecule has 0 bridgehead atoms. The number of nitrogens with zero attached hydrogens (tertiary/aromatic N) is 2. The molecule has 0 radical (unpaired) electrons. The van der Waals surface area contributed by atoms with Gasteiger partial charge in [0.15, 0.2) is 0 Å². The summed E-state index contributed by atoms with van der Waals surface area (Å²) in [7, 11) is -3.61. The normalized spacial score (nSPS) is 19.3. The van der Waals surface area contributed by atoms with Crippen LogP contribution in [0.5, 0.6) is 0 Å². The van der Waals surface area contributed by atoms with Gasteiger partial charge >= 0.3 is 0 Å². The van der Waals surface area contributed by atoms with Gasteiger partial charge in [-0.05, 0) is 31.7 Å². The Morgan fingerprint density at radius 2 is 2.29 bits per heavy atom. The van der Waals surface area contributed by atoms with Crippen LogP contribution < -0.4 is 4.72 Å². The fraction of sp³-hybridized carbons (Fsp3) is 0.692. The number of sulfonamides is 1. The van der Waals surface area contributed by atoms with Crippen molar-refractivity contribution in [1.82, 2.24) is 14.5 Å². The maximum Gasteiger partial charge on any atom is 0.237 e. The van der Waals surface area contributed by atoms with Gasteiger partial charge in [-0.1, -0.05) is 0 Å². The number of carbonyl (C=O) groups excluding carboxylic acids is 1. The summed E-state index contributed by atoms with van der Waals surface area (Å²) in [5.74, 6) is -0.615. The molecule has 1 aromatic heterocycles. The molecule has 1 atom stereocenters. The molecule has 0 saturated carbocycles. The van der Waals surface area contributed by atoms with Crippen molar-refractivity contribution in [3.63, 3.8) is 0 Å². The van der Waals surface area contributed by atoms with Crippen LogP contribution in [-0.2, 0) is 26.1 Å². The summed E-state index contributed by atoms with van der Waals surface area (Å²) in [5, 5.41) is 4.02. The van der Waals surface area contributed by atoms with Crippen LogP contribution in [0.4, 0.5) is 0 Å². The minimum Gasteiger partial charge on any atom is -0.377 e. The van der Waals surface area contributed by atoms with Crippen LogP contribution in [-0.4, -0.2) is 42.6 Å². The summed E-state index contributed by atoms with van der Waals surface area (Å²) >= 11 is 0. The molecule has 1 N–H and O–H groups in total. The molecular formula is C13H21N3O4S. The zero-order valence-electron chi connectivity index (χ0n) is 11.9. The molecular weight excluding hydrogens is 294 g/mol. The van der Waals surface area contributed by atoms with E-state index in [1.165, 1.54) is 0 Å². The highest BCUT2D eigenvalue weighted by Gasteiger charge is 2.23. The second kappa shape index (κ2) is 7.56. The Labute approximate surface area is 124 Å². The SMILES string of the molecule is O=C(CCCn1cccn1)NS(=O)(=O)C[C@@H]1CCCCO1. The van der Waals surface area contributed by atoms with Gasteiger partial charge in [-0.2, -0.15) is 5.10 Å². The Bertz CT molecular complexity index is 536. The van der Waals surface area contributed by atoms with Crippen molar-refractivity contribution < 1.29 is 17.9 Å². The summed E-state index contributed by atoms with van der Waals surface area (Å²) in [4.78, 5) is 11.7. The Balaban J connectivity index is 1.70. The molecule has 1 aliphatic rings. The average molecular weight is 315 g/mol. The van der Waals surface area contributed by atoms with E-state index in [-0.39, 0.29) is 18.3 Å². The lowest BCUT2D eigenvalue weighted by Gasteiger charge is -2.22. The van der Waals surface area contributed by atoms with Gasteiger partial charge in [-0.15, -0.1) is 0 Å². The minimum absolute atomic E-state index is 0.141. The third kappa shape index (κ3) is 5.84. The second-order valence-electron chi connectivity index (χ2n) is 5.17. The van der Waals surface area contributed by atoms with Crippen molar-refractivity contribution in [3.8, 4) is 0 Å². The molecule has 2 rings (SSSR count). The molecule has 118 valence electrons. The van der Waals surface area contributed by atoms with Crippen molar-refractivity contribution in [2.24, 2.45) is 0 Å². The molecule has 1 aromatic rings. The zero-order chi connectivity index (χ0) is 15.1. The summed E-state index contributed by atoms with van der Waals surface area (Å²) in [6.07, 6.45) is 6.54. The molecule has 1 fully saturated rings. The molecule has 2 heterocycles. The highest BCUT2D eigenvalue weighted by atomic mass is 32.2. The molecule has 7 nitrogen and oxygen atoms in total. The maximum atomic E-state index is 11.9. The molecule has 0 aromatic carbocycles. The first-order valence-corrected chi connectivity index (χ1v) is 8.83. The van der Waals surface area contributed by atoms with Gasteiger partial charge < -0.3 is 4.74 Å². The summed E-state index contributed by atoms with van der Waals surface area (Å²) in [5.41, 5.74) is 0. The summed E-state index contributed by atoms with van der Waals surface area (Å²) in [6, 6.07) is 1.80. The quantitative estimate of drug-likeness (QED) is 0.799. The molecule has 0 aliphatic carbocycles. The number of rotatable bonds is 7. The third-order valence-corrected chi connectivity index (χ3v) is 4.65. The van der Waals surface area contributed by atoms with Gasteiger partial charge in [0.2, 0.25) is 15.9 Å². The van der Waals surface area contributed by atoms with Crippen LogP contribution in [0.3, 0.4) is 0 Å². The van der Waals surface area contributed by atoms with Crippen LogP contribution in [0.15, 0.2) is 18.5 Å². The maximum absolute atomic E-state index is 11.9. The first kappa shape index (κ1) is 16.0. The Hall–Kier alpha value is -1.41. The van der Waals surface area contributed by atoms with E-state index in [0.717, 1.165) is 19.3 Å². The van der Waals surface area contributed by atoms with E-state index in [2.05, 4.69) is 9.82 Å². The van der Waals surface area contributed by atoms with Crippen molar-refractivity contribution in [1.29, 1.82) is 0 Å². The van der Waals surface area contributed by atoms with Gasteiger partial charge in [0.05, 0.1) is 11.9 Å². The van der Waals surface area contributed by atoms with Crippen molar-refractivity contribution in [2.45, 2.75) is 44.8 Å². The second-order valence-corrected chi connectivity index (χ2v) is 6.93. The standard InChI is InChI=1S/C13H21N3O4S/c17-13(6-3-8-16-9-4-7-14-16)15-21(18,19)11-12-5-1-2-10-20-12/h4,7,9,12H,1-3,5-6,8,10-11H2,(H,15,17)/t12-/m0/s1. The van der Waals surface area contributed by atoms with Crippen molar-refractivity contribution >= 4 is 15.9 Å². The van der Waals surface area contributed by atoms with Crippen LogP contribution >= 0.6 is 0 Å². The predicted octanol–water partition coefficient (Wildman–Crippen LogP) is 0.678. The first-order chi connectivity index (χ1) is 10.1. The van der Waals surface area contributed by atoms with E-state index >= 15 is 0 Å². The van der Waals surface area contributed by atoms with Crippen molar-refractivity contribution in [2.75, 3.05) is 12.4 Å². The predicted molar refractivity (Wildman–Crippen MR) is 77.0 cm³/mol. The van der Waals surface area contributed by atoms with Crippen molar-refractivity contribution in [3.05, 3.63) is 18.5 Å². The number of hydrogen-bond donors (Lipinski definition) is 1. The first-order valence-electron chi connectivity index (χ1n) is 7.17. The lowest BCUT2D eigenvalue weighted by Crippen LogP contribution is -2.38. The lowest BCUT2D eigenvalue weighted by molar-refractivity contribution is -0.119. The average Bonchev–Trinajstić information content (AvgIpc) is 2.91. The van der Waals surface area contributed by atoms with Gasteiger partial charge in [0, 0.05) is 32.0 Å². The van der Waals surface area contributed by atoms with Gasteiger partial charge in [0.25, 0.3) is 0 Å². The molecule has 1 saturated heterocycles. The number of hydrogen-bond acceptors (Lipinski definition) is 5. The minimum atomic E-state index is -3.61. The lowest BCUT2D eigenvalue weighted by atomic mass is 10.1. The molecule has 21 heavy (non-hydrogen) atoms. The fourth-order valence-corrected chi connectivity index (χ4v) is 3.57. The number of amides is 1. The van der Waals surface area contributed by atoms with E-state index in [1.54, 1.807) is 23.1 Å². The van der Waals surface area contributed by atoms with Gasteiger partial charge in [-0.25, -0.2) is 8.42 Å². The Morgan fingerprint density at radius 1 is 1.43 bits per heavy atom. The topological polar surface area (TPSA) is 90.3 Å². The smallest absolute Gasteiger partial charge is 0.237 e. The molecule has 0 unspecified atom stereocenters. The molecule has 0 spiro atoms. The number of nitrogens with one attached hydrogen (secondary N) is 1. The Kier molecular flexibility index (Phi) is 5.75. The van der Waals surface area contributed by atoms with Crippen LogP contribution in [0.25, 0.3) is 0 Å². The van der Waals surface area contributed by atoms with Crippen LogP contribution in [0, 0.1) is 0 Å². The highest BCUT2D eigenvalue weighted by Crippen LogP contribution is 2.14. The van der Waals surface area contributed by atoms with E-state index in [1.807, 2.05) is 0 Å². The molecule has 1 amide bonds. The fourth-order valence-electron chi connectivity index (χ4n) is 2.28.